The molecule has 0 unspecified atom stereocenters. The van der Waals surface area contributed by atoms with Gasteiger partial charge in [0.15, 0.2) is 0 Å². The van der Waals surface area contributed by atoms with Gasteiger partial charge in [0.1, 0.15) is 0 Å². The van der Waals surface area contributed by atoms with Gasteiger partial charge in [0, 0.05) is 22.2 Å². The molecule has 25 heavy (non-hydrogen) atoms. The fourth-order valence-corrected chi connectivity index (χ4v) is 3.16. The van der Waals surface area contributed by atoms with Gasteiger partial charge in [-0.05, 0) is 31.2 Å². The van der Waals surface area contributed by atoms with Gasteiger partial charge in [0.05, 0.1) is 24.1 Å². The molecular formula is C19H17ClN4S. The van der Waals surface area contributed by atoms with Crippen LogP contribution in [-0.4, -0.2) is 22.4 Å². The van der Waals surface area contributed by atoms with Crippen LogP contribution in [0, 0.1) is 0 Å². The Kier molecular flexibility index (Phi) is 5.58. The number of rotatable bonds is 5. The van der Waals surface area contributed by atoms with Gasteiger partial charge in [-0.2, -0.15) is 5.10 Å². The van der Waals surface area contributed by atoms with Gasteiger partial charge in [-0.3, -0.25) is 9.98 Å². The van der Waals surface area contributed by atoms with Crippen LogP contribution in [0.1, 0.15) is 12.6 Å². The first-order valence-corrected chi connectivity index (χ1v) is 8.96. The number of benzene rings is 1. The van der Waals surface area contributed by atoms with E-state index < -0.39 is 0 Å². The molecule has 0 aliphatic rings. The van der Waals surface area contributed by atoms with Crippen molar-refractivity contribution in [3.8, 4) is 11.3 Å². The smallest absolute Gasteiger partial charge is 0.206 e. The Morgan fingerprint density at radius 3 is 2.92 bits per heavy atom. The molecule has 1 aromatic carbocycles. The van der Waals surface area contributed by atoms with Crippen LogP contribution in [0.2, 0.25) is 5.02 Å². The maximum atomic E-state index is 6.14. The average Bonchev–Trinajstić information content (AvgIpc) is 3.02. The summed E-state index contributed by atoms with van der Waals surface area (Å²) >= 11 is 7.67. The quantitative estimate of drug-likeness (QED) is 0.478. The largest absolute Gasteiger partial charge is 0.255 e. The van der Waals surface area contributed by atoms with E-state index >= 15 is 0 Å². The highest BCUT2D eigenvalue weighted by atomic mass is 35.5. The van der Waals surface area contributed by atoms with Gasteiger partial charge in [-0.25, -0.2) is 4.68 Å². The van der Waals surface area contributed by atoms with E-state index in [-0.39, 0.29) is 0 Å². The Morgan fingerprint density at radius 2 is 2.20 bits per heavy atom. The second-order valence-electron chi connectivity index (χ2n) is 5.50. The lowest BCUT2D eigenvalue weighted by molar-refractivity contribution is 0.835. The molecule has 0 atom stereocenters. The molecule has 0 radical (unpaired) electrons. The van der Waals surface area contributed by atoms with Crippen molar-refractivity contribution in [3.63, 3.8) is 0 Å². The maximum Gasteiger partial charge on any atom is 0.206 e. The molecule has 0 saturated heterocycles. The molecular weight excluding hydrogens is 352 g/mol. The minimum Gasteiger partial charge on any atom is -0.255 e. The fraction of sp³-hybridized carbons (Fsp3) is 0.105. The normalized spacial score (nSPS) is 12.0. The predicted octanol–water partition coefficient (Wildman–Crippen LogP) is 4.62. The van der Waals surface area contributed by atoms with Crippen LogP contribution in [0.25, 0.3) is 11.3 Å². The fourth-order valence-electron chi connectivity index (χ4n) is 2.14. The summed E-state index contributed by atoms with van der Waals surface area (Å²) in [5, 5.41) is 7.30. The number of nitrogens with zero attached hydrogens (tertiary/aromatic N) is 4. The monoisotopic (exact) mass is 368 g/mol. The minimum atomic E-state index is 0.564. The molecule has 0 N–H and O–H groups in total. The molecule has 0 aliphatic carbocycles. The second-order valence-corrected chi connectivity index (χ2v) is 6.77. The summed E-state index contributed by atoms with van der Waals surface area (Å²) < 4.78 is 1.81. The number of thiazole rings is 1. The number of aromatic nitrogens is 2. The molecule has 0 fully saturated rings. The summed E-state index contributed by atoms with van der Waals surface area (Å²) in [5.41, 5.74) is 3.70. The first-order valence-electron chi connectivity index (χ1n) is 7.70. The van der Waals surface area contributed by atoms with E-state index in [2.05, 4.69) is 21.7 Å². The van der Waals surface area contributed by atoms with Gasteiger partial charge < -0.3 is 0 Å². The van der Waals surface area contributed by atoms with Gasteiger partial charge in [-0.1, -0.05) is 42.0 Å². The summed E-state index contributed by atoms with van der Waals surface area (Å²) in [6.45, 7) is 6.42. The molecule has 0 amide bonds. The first-order chi connectivity index (χ1) is 12.1. The highest BCUT2D eigenvalue weighted by molar-refractivity contribution is 7.07. The van der Waals surface area contributed by atoms with E-state index in [9.17, 15) is 0 Å². The van der Waals surface area contributed by atoms with Crippen LogP contribution in [0.4, 0.5) is 0 Å². The molecule has 0 saturated carbocycles. The van der Waals surface area contributed by atoms with E-state index in [1.165, 1.54) is 11.3 Å². The Balaban J connectivity index is 2.08. The summed E-state index contributed by atoms with van der Waals surface area (Å²) in [6.07, 6.45) is 3.46. The summed E-state index contributed by atoms with van der Waals surface area (Å²) in [4.78, 5) is 9.67. The van der Waals surface area contributed by atoms with Gasteiger partial charge in [-0.15, -0.1) is 11.3 Å². The van der Waals surface area contributed by atoms with Crippen LogP contribution in [0.5, 0.6) is 0 Å². The third-order valence-electron chi connectivity index (χ3n) is 3.28. The predicted molar refractivity (Wildman–Crippen MR) is 105 cm³/mol. The van der Waals surface area contributed by atoms with Gasteiger partial charge in [0.25, 0.3) is 0 Å². The Morgan fingerprint density at radius 1 is 1.32 bits per heavy atom. The molecule has 0 aliphatic heterocycles. The zero-order valence-electron chi connectivity index (χ0n) is 13.8. The van der Waals surface area contributed by atoms with Crippen molar-refractivity contribution < 1.29 is 0 Å². The molecule has 2 heterocycles. The van der Waals surface area contributed by atoms with Crippen LogP contribution in [0.3, 0.4) is 0 Å². The molecule has 0 spiro atoms. The maximum absolute atomic E-state index is 6.14. The lowest BCUT2D eigenvalue weighted by Gasteiger charge is -2.04. The third-order valence-corrected chi connectivity index (χ3v) is 4.37. The van der Waals surface area contributed by atoms with Crippen molar-refractivity contribution >= 4 is 29.2 Å². The van der Waals surface area contributed by atoms with Crippen molar-refractivity contribution in [3.05, 3.63) is 81.7 Å². The third kappa shape index (κ3) is 4.53. The molecule has 0 bridgehead atoms. The Hall–Kier alpha value is -2.50. The number of pyridine rings is 1. The van der Waals surface area contributed by atoms with E-state index in [0.29, 0.717) is 11.6 Å². The molecule has 2 aromatic heterocycles. The van der Waals surface area contributed by atoms with Crippen LogP contribution in [0.15, 0.2) is 76.3 Å². The number of halogens is 1. The average molecular weight is 369 g/mol. The van der Waals surface area contributed by atoms with E-state index in [1.807, 2.05) is 59.4 Å². The van der Waals surface area contributed by atoms with E-state index in [1.54, 1.807) is 12.4 Å². The van der Waals surface area contributed by atoms with Gasteiger partial charge in [0.2, 0.25) is 4.80 Å². The first kappa shape index (κ1) is 17.3. The SMILES string of the molecule is C=C(C)CN=c1scc(-c2cccc(Cl)c2)n1N=Cc1ccccn1. The highest BCUT2D eigenvalue weighted by Gasteiger charge is 2.08. The Bertz CT molecular complexity index is 970. The lowest BCUT2D eigenvalue weighted by Crippen LogP contribution is -2.13. The van der Waals surface area contributed by atoms with Crippen LogP contribution in [-0.2, 0) is 0 Å². The second kappa shape index (κ2) is 8.05. The van der Waals surface area contributed by atoms with Crippen LogP contribution >= 0.6 is 22.9 Å². The van der Waals surface area contributed by atoms with Crippen molar-refractivity contribution in [2.24, 2.45) is 10.1 Å². The highest BCUT2D eigenvalue weighted by Crippen LogP contribution is 2.23. The van der Waals surface area contributed by atoms with E-state index in [4.69, 9.17) is 11.6 Å². The summed E-state index contributed by atoms with van der Waals surface area (Å²) in [6, 6.07) is 13.4. The number of hydrogen-bond acceptors (Lipinski definition) is 4. The molecule has 4 nitrogen and oxygen atoms in total. The zero-order chi connectivity index (χ0) is 17.6. The lowest BCUT2D eigenvalue weighted by atomic mass is 10.2. The molecule has 3 rings (SSSR count). The van der Waals surface area contributed by atoms with Crippen LogP contribution < -0.4 is 4.80 Å². The number of hydrogen-bond donors (Lipinski definition) is 0. The molecule has 126 valence electrons. The summed E-state index contributed by atoms with van der Waals surface area (Å²) in [5.74, 6) is 0. The Labute approximate surface area is 155 Å². The van der Waals surface area contributed by atoms with Crippen molar-refractivity contribution in [2.75, 3.05) is 6.54 Å². The molecule has 6 heteroatoms. The van der Waals surface area contributed by atoms with Gasteiger partial charge >= 0.3 is 0 Å². The van der Waals surface area contributed by atoms with Crippen molar-refractivity contribution in [1.29, 1.82) is 0 Å². The zero-order valence-corrected chi connectivity index (χ0v) is 15.3. The minimum absolute atomic E-state index is 0.564. The van der Waals surface area contributed by atoms with Crippen molar-refractivity contribution in [1.82, 2.24) is 9.66 Å². The van der Waals surface area contributed by atoms with E-state index in [0.717, 1.165) is 27.3 Å². The standard InChI is InChI=1S/C19H17ClN4S/c1-14(2)11-22-19-24(23-12-17-8-3-4-9-21-17)18(13-25-19)15-6-5-7-16(20)10-15/h3-10,12-13H,1,11H2,2H3. The molecule has 3 aromatic rings. The van der Waals surface area contributed by atoms with Crippen molar-refractivity contribution in [2.45, 2.75) is 6.92 Å². The summed E-state index contributed by atoms with van der Waals surface area (Å²) in [7, 11) is 0. The topological polar surface area (TPSA) is 42.5 Å².